The van der Waals surface area contributed by atoms with Gasteiger partial charge in [-0.1, -0.05) is 6.42 Å². The van der Waals surface area contributed by atoms with Crippen LogP contribution in [0.2, 0.25) is 0 Å². The van der Waals surface area contributed by atoms with Gasteiger partial charge in [-0.15, -0.1) is 0 Å². The molecular weight excluding hydrogens is 150 g/mol. The Morgan fingerprint density at radius 2 is 2.17 bits per heavy atom. The maximum absolute atomic E-state index is 8.89. The van der Waals surface area contributed by atoms with Crippen LogP contribution in [0.4, 0.5) is 0 Å². The van der Waals surface area contributed by atoms with Crippen molar-refractivity contribution in [3.8, 4) is 6.07 Å². The third kappa shape index (κ3) is 1.61. The van der Waals surface area contributed by atoms with E-state index in [0.29, 0.717) is 6.61 Å². The van der Waals surface area contributed by atoms with Crippen molar-refractivity contribution in [3.63, 3.8) is 0 Å². The minimum absolute atomic E-state index is 0.0884. The highest BCUT2D eigenvalue weighted by atomic mass is 16.5. The molecule has 0 atom stereocenters. The molecule has 0 aromatic carbocycles. The molecule has 0 saturated heterocycles. The number of hydrogen-bond donors (Lipinski definition) is 0. The summed E-state index contributed by atoms with van der Waals surface area (Å²) in [6, 6.07) is 2.38. The van der Waals surface area contributed by atoms with Crippen molar-refractivity contribution in [1.29, 1.82) is 5.26 Å². The van der Waals surface area contributed by atoms with E-state index in [0.717, 1.165) is 25.4 Å². The molecule has 0 unspecified atom stereocenters. The molecule has 2 aliphatic carbocycles. The van der Waals surface area contributed by atoms with Gasteiger partial charge in [-0.05, 0) is 31.6 Å². The first-order chi connectivity index (χ1) is 5.85. The van der Waals surface area contributed by atoms with Crippen LogP contribution in [0.25, 0.3) is 0 Å². The lowest BCUT2D eigenvalue weighted by molar-refractivity contribution is 0.0261. The molecule has 0 radical (unpaired) electrons. The Morgan fingerprint density at radius 3 is 2.58 bits per heavy atom. The van der Waals surface area contributed by atoms with E-state index < -0.39 is 0 Å². The van der Waals surface area contributed by atoms with Gasteiger partial charge in [-0.3, -0.25) is 0 Å². The molecule has 0 spiro atoms. The summed E-state index contributed by atoms with van der Waals surface area (Å²) < 4.78 is 5.53. The molecule has 2 aliphatic rings. The van der Waals surface area contributed by atoms with Crippen LogP contribution < -0.4 is 0 Å². The van der Waals surface area contributed by atoms with E-state index in [1.165, 1.54) is 19.3 Å². The average Bonchev–Trinajstić information content (AvgIpc) is 2.78. The minimum Gasteiger partial charge on any atom is -0.380 e. The van der Waals surface area contributed by atoms with Gasteiger partial charge >= 0.3 is 0 Å². The monoisotopic (exact) mass is 165 g/mol. The lowest BCUT2D eigenvalue weighted by Crippen LogP contribution is -2.33. The largest absolute Gasteiger partial charge is 0.380 e. The Hall–Kier alpha value is -0.550. The molecule has 0 bridgehead atoms. The second-order valence-electron chi connectivity index (χ2n) is 4.20. The second-order valence-corrected chi connectivity index (χ2v) is 4.20. The van der Waals surface area contributed by atoms with Gasteiger partial charge in [-0.25, -0.2) is 0 Å². The van der Waals surface area contributed by atoms with Gasteiger partial charge in [0.05, 0.1) is 18.1 Å². The molecular formula is C10H15NO. The van der Waals surface area contributed by atoms with E-state index in [2.05, 4.69) is 6.07 Å². The first-order valence-corrected chi connectivity index (χ1v) is 4.84. The second kappa shape index (κ2) is 3.06. The molecule has 12 heavy (non-hydrogen) atoms. The Labute approximate surface area is 73.5 Å². The smallest absolute Gasteiger partial charge is 0.0807 e. The van der Waals surface area contributed by atoms with Crippen LogP contribution >= 0.6 is 0 Å². The highest BCUT2D eigenvalue weighted by molar-refractivity contribution is 5.04. The summed E-state index contributed by atoms with van der Waals surface area (Å²) in [4.78, 5) is 0. The van der Waals surface area contributed by atoms with Crippen molar-refractivity contribution < 1.29 is 4.74 Å². The highest BCUT2D eigenvalue weighted by Gasteiger charge is 2.37. The Bertz CT molecular complexity index is 198. The minimum atomic E-state index is -0.0884. The zero-order chi connectivity index (χ0) is 8.44. The van der Waals surface area contributed by atoms with Crippen LogP contribution in [-0.2, 0) is 4.74 Å². The molecule has 66 valence electrons. The number of nitrogens with zero attached hydrogens (tertiary/aromatic N) is 1. The average molecular weight is 165 g/mol. The lowest BCUT2D eigenvalue weighted by Gasteiger charge is -2.34. The van der Waals surface area contributed by atoms with Gasteiger partial charge < -0.3 is 4.74 Å². The SMILES string of the molecule is N#CC1(COCC2CC2)CCC1. The summed E-state index contributed by atoms with van der Waals surface area (Å²) >= 11 is 0. The van der Waals surface area contributed by atoms with Crippen molar-refractivity contribution in [3.05, 3.63) is 0 Å². The van der Waals surface area contributed by atoms with E-state index in [1.54, 1.807) is 0 Å². The maximum atomic E-state index is 8.89. The van der Waals surface area contributed by atoms with Gasteiger partial charge in [-0.2, -0.15) is 5.26 Å². The van der Waals surface area contributed by atoms with Crippen LogP contribution in [0.1, 0.15) is 32.1 Å². The number of ether oxygens (including phenoxy) is 1. The van der Waals surface area contributed by atoms with E-state index in [4.69, 9.17) is 10.00 Å². The molecule has 2 nitrogen and oxygen atoms in total. The zero-order valence-electron chi connectivity index (χ0n) is 7.38. The molecule has 0 aromatic rings. The lowest BCUT2D eigenvalue weighted by atomic mass is 9.71. The number of nitriles is 1. The molecule has 0 N–H and O–H groups in total. The van der Waals surface area contributed by atoms with Gasteiger partial charge in [0.25, 0.3) is 0 Å². The summed E-state index contributed by atoms with van der Waals surface area (Å²) in [5.41, 5.74) is -0.0884. The zero-order valence-corrected chi connectivity index (χ0v) is 7.38. The van der Waals surface area contributed by atoms with Crippen LogP contribution in [0, 0.1) is 22.7 Å². The predicted molar refractivity (Wildman–Crippen MR) is 45.4 cm³/mol. The predicted octanol–water partition coefficient (Wildman–Crippen LogP) is 2.11. The third-order valence-electron chi connectivity index (χ3n) is 2.98. The summed E-state index contributed by atoms with van der Waals surface area (Å²) in [7, 11) is 0. The highest BCUT2D eigenvalue weighted by Crippen LogP contribution is 2.40. The van der Waals surface area contributed by atoms with E-state index in [1.807, 2.05) is 0 Å². The van der Waals surface area contributed by atoms with E-state index in [-0.39, 0.29) is 5.41 Å². The molecule has 0 aliphatic heterocycles. The molecule has 2 saturated carbocycles. The fraction of sp³-hybridized carbons (Fsp3) is 0.900. The molecule has 0 heterocycles. The maximum Gasteiger partial charge on any atom is 0.0807 e. The van der Waals surface area contributed by atoms with Crippen LogP contribution in [-0.4, -0.2) is 13.2 Å². The molecule has 2 fully saturated rings. The Kier molecular flexibility index (Phi) is 2.06. The molecule has 2 rings (SSSR count). The molecule has 0 amide bonds. The van der Waals surface area contributed by atoms with Gasteiger partial charge in [0, 0.05) is 6.61 Å². The normalized spacial score (nSPS) is 25.9. The summed E-state index contributed by atoms with van der Waals surface area (Å²) in [5.74, 6) is 0.820. The quantitative estimate of drug-likeness (QED) is 0.639. The van der Waals surface area contributed by atoms with Crippen molar-refractivity contribution >= 4 is 0 Å². The van der Waals surface area contributed by atoms with Crippen molar-refractivity contribution in [2.24, 2.45) is 11.3 Å². The molecule has 0 aromatic heterocycles. The van der Waals surface area contributed by atoms with Crippen LogP contribution in [0.3, 0.4) is 0 Å². The van der Waals surface area contributed by atoms with Gasteiger partial charge in [0.15, 0.2) is 0 Å². The topological polar surface area (TPSA) is 33.0 Å². The van der Waals surface area contributed by atoms with E-state index >= 15 is 0 Å². The number of rotatable bonds is 4. The van der Waals surface area contributed by atoms with Crippen molar-refractivity contribution in [2.45, 2.75) is 32.1 Å². The van der Waals surface area contributed by atoms with Crippen LogP contribution in [0.5, 0.6) is 0 Å². The van der Waals surface area contributed by atoms with Crippen LogP contribution in [0.15, 0.2) is 0 Å². The summed E-state index contributed by atoms with van der Waals surface area (Å²) in [5, 5.41) is 8.89. The van der Waals surface area contributed by atoms with Crippen molar-refractivity contribution in [2.75, 3.05) is 13.2 Å². The Morgan fingerprint density at radius 1 is 1.42 bits per heavy atom. The summed E-state index contributed by atoms with van der Waals surface area (Å²) in [6.45, 7) is 1.57. The van der Waals surface area contributed by atoms with E-state index in [9.17, 15) is 0 Å². The Balaban J connectivity index is 1.66. The van der Waals surface area contributed by atoms with Gasteiger partial charge in [0.2, 0.25) is 0 Å². The summed E-state index contributed by atoms with van der Waals surface area (Å²) in [6.07, 6.45) is 5.97. The first kappa shape index (κ1) is 8.07. The first-order valence-electron chi connectivity index (χ1n) is 4.84. The molecule has 2 heteroatoms. The number of hydrogen-bond acceptors (Lipinski definition) is 2. The fourth-order valence-electron chi connectivity index (χ4n) is 1.60. The standard InChI is InChI=1S/C10H15NO/c11-7-10(4-1-5-10)8-12-6-9-2-3-9/h9H,1-6,8H2. The fourth-order valence-corrected chi connectivity index (χ4v) is 1.60. The van der Waals surface area contributed by atoms with Gasteiger partial charge in [0.1, 0.15) is 0 Å². The van der Waals surface area contributed by atoms with Crippen molar-refractivity contribution in [1.82, 2.24) is 0 Å². The third-order valence-corrected chi connectivity index (χ3v) is 2.98.